The molecule has 8 fully saturated rings. The fraction of sp³-hybridized carbons (Fsp3) is 0.892. The number of fused-ring (bicyclic) bond motifs is 9. The minimum atomic E-state index is -2.10. The van der Waals surface area contributed by atoms with Gasteiger partial charge in [0, 0.05) is 66.9 Å². The second-order valence-corrected chi connectivity index (χ2v) is 18.1. The van der Waals surface area contributed by atoms with Crippen LogP contribution in [0.5, 0.6) is 0 Å². The molecule has 8 rings (SSSR count). The van der Waals surface area contributed by atoms with Gasteiger partial charge in [0.05, 0.1) is 23.7 Å². The molecule has 0 bridgehead atoms. The number of nitrogens with two attached hydrogens (primary N) is 1. The quantitative estimate of drug-likeness (QED) is 0.0615. The molecule has 16 heteroatoms. The molecule has 2 unspecified atom stereocenters. The van der Waals surface area contributed by atoms with Crippen molar-refractivity contribution >= 4 is 23.9 Å². The number of esters is 4. The van der Waals surface area contributed by atoms with Gasteiger partial charge in [-0.05, 0) is 68.2 Å². The highest BCUT2D eigenvalue weighted by Gasteiger charge is 2.93. The van der Waals surface area contributed by atoms with Gasteiger partial charge in [0.2, 0.25) is 5.79 Å². The predicted octanol–water partition coefficient (Wildman–Crippen LogP) is 2.30. The van der Waals surface area contributed by atoms with E-state index in [9.17, 15) is 29.4 Å². The maximum atomic E-state index is 14.0. The summed E-state index contributed by atoms with van der Waals surface area (Å²) in [6, 6.07) is -0.714. The maximum Gasteiger partial charge on any atom is 0.341 e. The fourth-order valence-electron chi connectivity index (χ4n) is 13.7. The number of hydrogen-bond donors (Lipinski definition) is 3. The molecule has 4 N–H and O–H groups in total. The number of rotatable bonds is 8. The van der Waals surface area contributed by atoms with Gasteiger partial charge in [-0.2, -0.15) is 0 Å². The minimum absolute atomic E-state index is 0.0135. The molecule has 0 amide bonds. The van der Waals surface area contributed by atoms with Crippen LogP contribution in [-0.2, 0) is 47.6 Å². The molecule has 3 heterocycles. The summed E-state index contributed by atoms with van der Waals surface area (Å²) in [6.45, 7) is 11.9. The third kappa shape index (κ3) is 4.62. The van der Waals surface area contributed by atoms with Crippen LogP contribution in [0.1, 0.15) is 80.6 Å². The molecule has 0 aromatic heterocycles. The Labute approximate surface area is 307 Å². The molecule has 8 aliphatic rings. The molecule has 3 saturated heterocycles. The van der Waals surface area contributed by atoms with Crippen molar-refractivity contribution in [3.63, 3.8) is 0 Å². The summed E-state index contributed by atoms with van der Waals surface area (Å²) in [5.74, 6) is -8.29. The SMILES string of the molecule is CC(=O)O[C@H]1C2C([C@@H](O)[C@@H](N)[C@H]3C[C@@H]4O[C@@H]4C[C@]23C)[C@@H]2[C@@H](OC(=O)CCCCN=[N+]=[N-])[C@@H]3[C@H]([C@H](C)[C@H]4O[C@]45OC(=O)[C@@](C)(O)[C@]35C)[C@@]2(C)[C@H]1OC(C)=O. The summed E-state index contributed by atoms with van der Waals surface area (Å²) < 4.78 is 37.6. The zero-order chi connectivity index (χ0) is 38.4. The van der Waals surface area contributed by atoms with E-state index in [0.29, 0.717) is 25.7 Å². The lowest BCUT2D eigenvalue weighted by Gasteiger charge is -2.66. The highest BCUT2D eigenvalue weighted by atomic mass is 16.8. The van der Waals surface area contributed by atoms with Crippen LogP contribution < -0.4 is 5.73 Å². The van der Waals surface area contributed by atoms with Crippen LogP contribution in [0.4, 0.5) is 0 Å². The maximum absolute atomic E-state index is 14.0. The van der Waals surface area contributed by atoms with Crippen LogP contribution in [0.25, 0.3) is 10.4 Å². The van der Waals surface area contributed by atoms with Gasteiger partial charge in [-0.1, -0.05) is 25.9 Å². The molecule has 1 spiro atoms. The first kappa shape index (κ1) is 36.9. The van der Waals surface area contributed by atoms with Crippen LogP contribution in [0, 0.1) is 57.7 Å². The van der Waals surface area contributed by atoms with Crippen molar-refractivity contribution in [2.75, 3.05) is 6.54 Å². The van der Waals surface area contributed by atoms with Gasteiger partial charge < -0.3 is 44.4 Å². The lowest BCUT2D eigenvalue weighted by atomic mass is 9.41. The highest BCUT2D eigenvalue weighted by Crippen LogP contribution is 2.81. The average molecular weight is 745 g/mol. The van der Waals surface area contributed by atoms with E-state index in [4.69, 9.17) is 39.7 Å². The minimum Gasteiger partial charge on any atom is -0.462 e. The van der Waals surface area contributed by atoms with Crippen LogP contribution in [0.15, 0.2) is 5.11 Å². The molecular weight excluding hydrogens is 692 g/mol. The molecule has 53 heavy (non-hydrogen) atoms. The first-order chi connectivity index (χ1) is 24.8. The standard InChI is InChI=1S/C37H52N4O12/c1-14-22-25(35(6)36(7,47)32(46)53-37(35)30(14)52-37)28(51-20(44)10-8-9-11-40-41-39)24-21-23(29(48-15(2)42)31(34(22,24)5)49-16(3)43)33(4)13-19-18(50-19)12-17(33)26(38)27(21)45/h14,17-19,21-31,45,47H,8-13,38H2,1-7H3/t14-,17+,18-,19+,21?,22-,23?,24+,25-,26-,27+,28+,29-,30+,31-,33-,34+,35-,36+,37-/m0/s1. The molecule has 0 aromatic carbocycles. The summed E-state index contributed by atoms with van der Waals surface area (Å²) in [5, 5.41) is 28.4. The Morgan fingerprint density at radius 3 is 2.36 bits per heavy atom. The van der Waals surface area contributed by atoms with E-state index in [1.165, 1.54) is 20.8 Å². The Morgan fingerprint density at radius 1 is 1.00 bits per heavy atom. The molecule has 292 valence electrons. The topological polar surface area (TPSA) is 245 Å². The van der Waals surface area contributed by atoms with Gasteiger partial charge in [0.15, 0.2) is 5.60 Å². The van der Waals surface area contributed by atoms with Gasteiger partial charge in [-0.3, -0.25) is 14.4 Å². The zero-order valence-corrected chi connectivity index (χ0v) is 31.3. The molecule has 20 atom stereocenters. The summed E-state index contributed by atoms with van der Waals surface area (Å²) in [7, 11) is 0. The number of aliphatic hydroxyl groups is 2. The summed E-state index contributed by atoms with van der Waals surface area (Å²) in [6.07, 6.45) is -3.04. The van der Waals surface area contributed by atoms with Crippen LogP contribution in [0.3, 0.4) is 0 Å². The van der Waals surface area contributed by atoms with E-state index >= 15 is 0 Å². The Hall–Kier alpha value is -3.01. The lowest BCUT2D eigenvalue weighted by Crippen LogP contribution is -2.74. The third-order valence-corrected chi connectivity index (χ3v) is 15.8. The number of carbonyl (C=O) groups excluding carboxylic acids is 4. The molecule has 0 aromatic rings. The van der Waals surface area contributed by atoms with Gasteiger partial charge in [0.25, 0.3) is 0 Å². The summed E-state index contributed by atoms with van der Waals surface area (Å²) >= 11 is 0. The third-order valence-electron chi connectivity index (χ3n) is 15.8. The first-order valence-corrected chi connectivity index (χ1v) is 19.1. The first-order valence-electron chi connectivity index (χ1n) is 19.1. The van der Waals surface area contributed by atoms with Gasteiger partial charge in [-0.15, -0.1) is 0 Å². The molecule has 5 saturated carbocycles. The molecule has 16 nitrogen and oxygen atoms in total. The van der Waals surface area contributed by atoms with Crippen molar-refractivity contribution in [1.29, 1.82) is 0 Å². The van der Waals surface area contributed by atoms with E-state index in [1.54, 1.807) is 6.92 Å². The van der Waals surface area contributed by atoms with E-state index in [0.717, 1.165) is 0 Å². The van der Waals surface area contributed by atoms with E-state index < -0.39 is 124 Å². The molecule has 0 radical (unpaired) electrons. The van der Waals surface area contributed by atoms with Gasteiger partial charge >= 0.3 is 23.9 Å². The normalized spacial score (nSPS) is 54.8. The number of aliphatic hydroxyl groups excluding tert-OH is 1. The van der Waals surface area contributed by atoms with Crippen molar-refractivity contribution < 1.29 is 57.8 Å². The van der Waals surface area contributed by atoms with Crippen LogP contribution in [-0.4, -0.2) is 101 Å². The molecule has 3 aliphatic heterocycles. The van der Waals surface area contributed by atoms with Crippen LogP contribution >= 0.6 is 0 Å². The number of nitrogens with zero attached hydrogens (tertiary/aromatic N) is 3. The lowest BCUT2D eigenvalue weighted by molar-refractivity contribution is -0.271. The number of azide groups is 1. The van der Waals surface area contributed by atoms with Gasteiger partial charge in [0.1, 0.15) is 24.4 Å². The average Bonchev–Trinajstić information content (AvgIpc) is 3.97. The van der Waals surface area contributed by atoms with E-state index in [2.05, 4.69) is 16.9 Å². The monoisotopic (exact) mass is 744 g/mol. The Kier molecular flexibility index (Phi) is 8.19. The largest absolute Gasteiger partial charge is 0.462 e. The Morgan fingerprint density at radius 2 is 1.70 bits per heavy atom. The number of ether oxygens (including phenoxy) is 6. The number of carbonyl (C=O) groups is 4. The van der Waals surface area contributed by atoms with Crippen molar-refractivity contribution in [2.45, 2.75) is 141 Å². The number of unbranched alkanes of at least 4 members (excludes halogenated alkanes) is 1. The van der Waals surface area contributed by atoms with E-state index in [1.807, 2.05) is 13.8 Å². The van der Waals surface area contributed by atoms with Crippen molar-refractivity contribution in [3.05, 3.63) is 10.4 Å². The Bertz CT molecular complexity index is 1670. The van der Waals surface area contributed by atoms with E-state index in [-0.39, 0.29) is 31.1 Å². The number of hydrogen-bond acceptors (Lipinski definition) is 14. The number of epoxide rings is 2. The van der Waals surface area contributed by atoms with Crippen LogP contribution in [0.2, 0.25) is 0 Å². The smallest absolute Gasteiger partial charge is 0.341 e. The van der Waals surface area contributed by atoms with Crippen molar-refractivity contribution in [1.82, 2.24) is 0 Å². The fourth-order valence-corrected chi connectivity index (χ4v) is 13.7. The summed E-state index contributed by atoms with van der Waals surface area (Å²) in [5.41, 5.74) is 10.3. The molecule has 5 aliphatic carbocycles. The molecular formula is C37H52N4O12. The van der Waals surface area contributed by atoms with Gasteiger partial charge in [-0.25, -0.2) is 4.79 Å². The Balaban J connectivity index is 1.34. The second kappa shape index (κ2) is 11.8. The summed E-state index contributed by atoms with van der Waals surface area (Å²) in [4.78, 5) is 56.7. The van der Waals surface area contributed by atoms with Crippen molar-refractivity contribution in [3.8, 4) is 0 Å². The van der Waals surface area contributed by atoms with Crippen molar-refractivity contribution in [2.24, 2.45) is 68.5 Å². The highest BCUT2D eigenvalue weighted by molar-refractivity contribution is 5.84. The second-order valence-electron chi connectivity index (χ2n) is 18.1. The predicted molar refractivity (Wildman–Crippen MR) is 179 cm³/mol. The zero-order valence-electron chi connectivity index (χ0n) is 31.3.